The van der Waals surface area contributed by atoms with Gasteiger partial charge in [0.2, 0.25) is 5.16 Å². The highest BCUT2D eigenvalue weighted by Gasteiger charge is 2.17. The van der Waals surface area contributed by atoms with Crippen molar-refractivity contribution in [2.45, 2.75) is 18.5 Å². The van der Waals surface area contributed by atoms with Gasteiger partial charge in [-0.2, -0.15) is 0 Å². The maximum Gasteiger partial charge on any atom is 0.214 e. The topological polar surface area (TPSA) is 42.7 Å². The predicted octanol–water partition coefficient (Wildman–Crippen LogP) is 3.25. The Hall–Kier alpha value is -1.27. The number of halogens is 1. The van der Waals surface area contributed by atoms with Crippen molar-refractivity contribution in [3.8, 4) is 0 Å². The van der Waals surface area contributed by atoms with Gasteiger partial charge in [0.1, 0.15) is 0 Å². The zero-order valence-electron chi connectivity index (χ0n) is 9.72. The molecule has 0 unspecified atom stereocenters. The number of rotatable bonds is 2. The number of nitrogens with one attached hydrogen (secondary N) is 1. The van der Waals surface area contributed by atoms with Gasteiger partial charge in [-0.25, -0.2) is 4.68 Å². The molecule has 0 aliphatic carbocycles. The Labute approximate surface area is 118 Å². The number of thioether (sulfide) groups is 1. The summed E-state index contributed by atoms with van der Waals surface area (Å²) in [6.07, 6.45) is 0.855. The van der Waals surface area contributed by atoms with Crippen LogP contribution < -0.4 is 5.43 Å². The fourth-order valence-electron chi connectivity index (χ4n) is 1.74. The Morgan fingerprint density at radius 1 is 1.28 bits per heavy atom. The first-order valence-corrected chi connectivity index (χ1v) is 7.29. The number of hydrogen-bond acceptors (Lipinski definition) is 4. The average molecular weight is 323 g/mol. The highest BCUT2D eigenvalue weighted by atomic mass is 79.9. The van der Waals surface area contributed by atoms with E-state index in [1.54, 1.807) is 11.8 Å². The average Bonchev–Trinajstić information content (AvgIpc) is 2.81. The minimum Gasteiger partial charge on any atom is -0.290 e. The SMILES string of the molecule is CCc1nnc2n1NC(c1ccc(Br)cc1)=CS2. The van der Waals surface area contributed by atoms with Crippen LogP contribution in [0.1, 0.15) is 18.3 Å². The zero-order chi connectivity index (χ0) is 12.5. The van der Waals surface area contributed by atoms with Crippen LogP contribution in [0.3, 0.4) is 0 Å². The van der Waals surface area contributed by atoms with Crippen LogP contribution in [0.25, 0.3) is 5.70 Å². The third-order valence-electron chi connectivity index (χ3n) is 2.69. The number of benzene rings is 1. The van der Waals surface area contributed by atoms with Gasteiger partial charge in [0.05, 0.1) is 5.70 Å². The van der Waals surface area contributed by atoms with E-state index in [-0.39, 0.29) is 0 Å². The molecule has 18 heavy (non-hydrogen) atoms. The van der Waals surface area contributed by atoms with E-state index in [2.05, 4.69) is 56.0 Å². The molecule has 1 N–H and O–H groups in total. The lowest BCUT2D eigenvalue weighted by Gasteiger charge is -2.18. The van der Waals surface area contributed by atoms with Crippen LogP contribution >= 0.6 is 27.7 Å². The molecule has 4 nitrogen and oxygen atoms in total. The highest BCUT2D eigenvalue weighted by Crippen LogP contribution is 2.28. The molecule has 0 fully saturated rings. The summed E-state index contributed by atoms with van der Waals surface area (Å²) < 4.78 is 3.02. The van der Waals surface area contributed by atoms with E-state index in [1.807, 2.05) is 16.8 Å². The lowest BCUT2D eigenvalue weighted by Crippen LogP contribution is -2.19. The fourth-order valence-corrected chi connectivity index (χ4v) is 2.76. The first-order valence-electron chi connectivity index (χ1n) is 5.62. The largest absolute Gasteiger partial charge is 0.290 e. The molecule has 2 heterocycles. The van der Waals surface area contributed by atoms with E-state index in [0.717, 1.165) is 33.1 Å². The lowest BCUT2D eigenvalue weighted by molar-refractivity contribution is 0.773. The Bertz CT molecular complexity index is 603. The Kier molecular flexibility index (Phi) is 3.13. The second kappa shape index (κ2) is 4.78. The summed E-state index contributed by atoms with van der Waals surface area (Å²) in [5, 5.41) is 11.2. The number of nitrogens with zero attached hydrogens (tertiary/aromatic N) is 3. The van der Waals surface area contributed by atoms with Crippen molar-refractivity contribution in [3.05, 3.63) is 45.5 Å². The molecular formula is C12H11BrN4S. The number of aryl methyl sites for hydroxylation is 1. The van der Waals surface area contributed by atoms with Crippen molar-refractivity contribution >= 4 is 33.4 Å². The van der Waals surface area contributed by atoms with Gasteiger partial charge in [0.25, 0.3) is 0 Å². The summed E-state index contributed by atoms with van der Waals surface area (Å²) in [4.78, 5) is 0. The van der Waals surface area contributed by atoms with Crippen molar-refractivity contribution in [2.75, 3.05) is 5.43 Å². The normalized spacial score (nSPS) is 13.8. The van der Waals surface area contributed by atoms with Crippen molar-refractivity contribution < 1.29 is 0 Å². The zero-order valence-corrected chi connectivity index (χ0v) is 12.1. The molecule has 1 aromatic carbocycles. The Morgan fingerprint density at radius 3 is 2.78 bits per heavy atom. The van der Waals surface area contributed by atoms with Gasteiger partial charge in [0.15, 0.2) is 5.82 Å². The smallest absolute Gasteiger partial charge is 0.214 e. The molecule has 2 aromatic rings. The van der Waals surface area contributed by atoms with Gasteiger partial charge in [-0.3, -0.25) is 5.43 Å². The molecule has 1 aliphatic rings. The Morgan fingerprint density at radius 2 is 2.06 bits per heavy atom. The second-order valence-electron chi connectivity index (χ2n) is 3.86. The van der Waals surface area contributed by atoms with Crippen LogP contribution in [0.4, 0.5) is 0 Å². The third-order valence-corrected chi connectivity index (χ3v) is 4.04. The molecule has 6 heteroatoms. The molecule has 1 aliphatic heterocycles. The monoisotopic (exact) mass is 322 g/mol. The van der Waals surface area contributed by atoms with Gasteiger partial charge in [-0.05, 0) is 12.1 Å². The minimum absolute atomic E-state index is 0.855. The van der Waals surface area contributed by atoms with E-state index in [1.165, 1.54) is 0 Å². The Balaban J connectivity index is 1.92. The molecule has 3 rings (SSSR count). The molecule has 0 spiro atoms. The van der Waals surface area contributed by atoms with Crippen LogP contribution in [0.15, 0.2) is 39.3 Å². The number of fused-ring (bicyclic) bond motifs is 1. The number of hydrogen-bond donors (Lipinski definition) is 1. The molecule has 0 saturated carbocycles. The van der Waals surface area contributed by atoms with Crippen molar-refractivity contribution in [2.24, 2.45) is 0 Å². The van der Waals surface area contributed by atoms with Gasteiger partial charge in [-0.15, -0.1) is 10.2 Å². The van der Waals surface area contributed by atoms with Crippen LogP contribution in [-0.2, 0) is 6.42 Å². The van der Waals surface area contributed by atoms with Crippen LogP contribution in [0.5, 0.6) is 0 Å². The quantitative estimate of drug-likeness (QED) is 0.921. The van der Waals surface area contributed by atoms with Gasteiger partial charge < -0.3 is 0 Å². The first-order chi connectivity index (χ1) is 8.78. The molecule has 0 bridgehead atoms. The first kappa shape index (κ1) is 11.8. The fraction of sp³-hybridized carbons (Fsp3) is 0.167. The van der Waals surface area contributed by atoms with Crippen LogP contribution in [0, 0.1) is 0 Å². The predicted molar refractivity (Wildman–Crippen MR) is 76.7 cm³/mol. The van der Waals surface area contributed by atoms with Crippen molar-refractivity contribution in [1.29, 1.82) is 0 Å². The third kappa shape index (κ3) is 2.06. The van der Waals surface area contributed by atoms with Gasteiger partial charge >= 0.3 is 0 Å². The van der Waals surface area contributed by atoms with E-state index in [0.29, 0.717) is 0 Å². The van der Waals surface area contributed by atoms with Crippen LogP contribution in [-0.4, -0.2) is 14.9 Å². The number of aromatic nitrogens is 3. The summed E-state index contributed by atoms with van der Waals surface area (Å²) in [5.74, 6) is 0.945. The summed E-state index contributed by atoms with van der Waals surface area (Å²) >= 11 is 5.03. The molecule has 0 amide bonds. The molecular weight excluding hydrogens is 312 g/mol. The van der Waals surface area contributed by atoms with E-state index in [9.17, 15) is 0 Å². The van der Waals surface area contributed by atoms with Gasteiger partial charge in [0, 0.05) is 21.9 Å². The maximum absolute atomic E-state index is 4.15. The summed E-state index contributed by atoms with van der Waals surface area (Å²) in [7, 11) is 0. The molecule has 92 valence electrons. The molecule has 0 atom stereocenters. The van der Waals surface area contributed by atoms with Crippen LogP contribution in [0.2, 0.25) is 0 Å². The highest BCUT2D eigenvalue weighted by molar-refractivity contribution is 9.10. The summed E-state index contributed by atoms with van der Waals surface area (Å²) in [6.45, 7) is 2.07. The summed E-state index contributed by atoms with van der Waals surface area (Å²) in [6, 6.07) is 8.21. The van der Waals surface area contributed by atoms with Crippen molar-refractivity contribution in [3.63, 3.8) is 0 Å². The molecule has 0 radical (unpaired) electrons. The van der Waals surface area contributed by atoms with E-state index < -0.39 is 0 Å². The van der Waals surface area contributed by atoms with Crippen molar-refractivity contribution in [1.82, 2.24) is 14.9 Å². The molecule has 1 aromatic heterocycles. The standard InChI is InChI=1S/C12H11BrN4S/c1-2-11-14-15-12-17(11)16-10(7-18-12)8-3-5-9(13)6-4-8/h3-7,16H,2H2,1H3. The maximum atomic E-state index is 4.15. The summed E-state index contributed by atoms with van der Waals surface area (Å²) in [5.41, 5.74) is 5.56. The second-order valence-corrected chi connectivity index (χ2v) is 5.61. The lowest BCUT2D eigenvalue weighted by atomic mass is 10.2. The minimum atomic E-state index is 0.855. The van der Waals surface area contributed by atoms with E-state index >= 15 is 0 Å². The molecule has 0 saturated heterocycles. The van der Waals surface area contributed by atoms with E-state index in [4.69, 9.17) is 0 Å². The van der Waals surface area contributed by atoms with Gasteiger partial charge in [-0.1, -0.05) is 46.7 Å².